The largest absolute Gasteiger partial charge is 0.469 e. The quantitative estimate of drug-likeness (QED) is 0.201. The minimum Gasteiger partial charge on any atom is -0.469 e. The molecule has 1 unspecified atom stereocenters. The molecule has 0 saturated heterocycles. The van der Waals surface area contributed by atoms with Crippen LogP contribution in [0.3, 0.4) is 0 Å². The molecular weight excluding hydrogens is 430 g/mol. The molecule has 0 radical (unpaired) electrons. The summed E-state index contributed by atoms with van der Waals surface area (Å²) in [5, 5.41) is 2.74. The molecule has 0 amide bonds. The van der Waals surface area contributed by atoms with Gasteiger partial charge in [0.1, 0.15) is 0 Å². The summed E-state index contributed by atoms with van der Waals surface area (Å²) in [6.07, 6.45) is 18.8. The van der Waals surface area contributed by atoms with E-state index in [1.807, 2.05) is 36.4 Å². The molecule has 0 saturated carbocycles. The summed E-state index contributed by atoms with van der Waals surface area (Å²) in [4.78, 5) is 36.6. The zero-order valence-corrected chi connectivity index (χ0v) is 20.6. The third-order valence-electron chi connectivity index (χ3n) is 5.83. The second-order valence-electron chi connectivity index (χ2n) is 8.50. The minimum atomic E-state index is -0.424. The number of allylic oxidation sites excluding steroid dienone is 4. The molecule has 7 heteroatoms. The topological polar surface area (TPSA) is 86.1 Å². The van der Waals surface area contributed by atoms with E-state index >= 15 is 0 Å². The Morgan fingerprint density at radius 2 is 1.74 bits per heavy atom. The first-order chi connectivity index (χ1) is 16.6. The maximum Gasteiger partial charge on any atom is 0.352 e. The second-order valence-corrected chi connectivity index (χ2v) is 8.50. The van der Waals surface area contributed by atoms with Gasteiger partial charge < -0.3 is 4.74 Å². The highest BCUT2D eigenvalue weighted by Gasteiger charge is 2.16. The van der Waals surface area contributed by atoms with Crippen LogP contribution in [0.25, 0.3) is 5.69 Å². The van der Waals surface area contributed by atoms with Gasteiger partial charge in [-0.1, -0.05) is 88.0 Å². The fourth-order valence-corrected chi connectivity index (χ4v) is 3.87. The number of nitrogens with zero attached hydrogens (tertiary/aromatic N) is 2. The first-order valence-corrected chi connectivity index (χ1v) is 12.5. The third kappa shape index (κ3) is 9.04. The summed E-state index contributed by atoms with van der Waals surface area (Å²) >= 11 is 0. The monoisotopic (exact) mass is 469 g/mol. The van der Waals surface area contributed by atoms with Gasteiger partial charge in [-0.25, -0.2) is 23.9 Å². The third-order valence-corrected chi connectivity index (χ3v) is 5.83. The highest BCUT2D eigenvalue weighted by molar-refractivity contribution is 5.68. The summed E-state index contributed by atoms with van der Waals surface area (Å²) in [7, 11) is 1.43. The molecule has 1 heterocycles. The molecule has 34 heavy (non-hydrogen) atoms. The second kappa shape index (κ2) is 15.7. The molecule has 1 N–H and O–H groups in total. The van der Waals surface area contributed by atoms with Gasteiger partial charge in [-0.2, -0.15) is 0 Å². The Kier molecular flexibility index (Phi) is 12.5. The average molecular weight is 470 g/mol. The van der Waals surface area contributed by atoms with Crippen molar-refractivity contribution >= 4 is 5.97 Å². The molecule has 0 aliphatic rings. The molecule has 0 aliphatic carbocycles. The molecule has 1 aromatic carbocycles. The van der Waals surface area contributed by atoms with Crippen molar-refractivity contribution in [3.05, 3.63) is 75.6 Å². The molecule has 2 rings (SSSR count). The molecule has 186 valence electrons. The van der Waals surface area contributed by atoms with Crippen LogP contribution in [-0.4, -0.2) is 27.4 Å². The van der Waals surface area contributed by atoms with Crippen LogP contribution in [0.5, 0.6) is 0 Å². The van der Waals surface area contributed by atoms with Gasteiger partial charge in [0.2, 0.25) is 0 Å². The van der Waals surface area contributed by atoms with Crippen molar-refractivity contribution in [1.82, 2.24) is 14.3 Å². The number of aromatic amines is 1. The Morgan fingerprint density at radius 3 is 2.47 bits per heavy atom. The summed E-state index contributed by atoms with van der Waals surface area (Å²) < 4.78 is 7.28. The van der Waals surface area contributed by atoms with Gasteiger partial charge in [-0.05, 0) is 37.8 Å². The number of hydrogen-bond donors (Lipinski definition) is 1. The van der Waals surface area contributed by atoms with Gasteiger partial charge >= 0.3 is 17.3 Å². The van der Waals surface area contributed by atoms with E-state index in [0.29, 0.717) is 12.1 Å². The lowest BCUT2D eigenvalue weighted by Crippen LogP contribution is -2.28. The van der Waals surface area contributed by atoms with E-state index in [1.54, 1.807) is 12.1 Å². The Balaban J connectivity index is 1.91. The summed E-state index contributed by atoms with van der Waals surface area (Å²) in [5.74, 6) is -0.134. The van der Waals surface area contributed by atoms with E-state index in [0.717, 1.165) is 64.2 Å². The summed E-state index contributed by atoms with van der Waals surface area (Å²) in [6.45, 7) is 2.15. The van der Waals surface area contributed by atoms with Crippen molar-refractivity contribution in [3.63, 3.8) is 0 Å². The number of hydrogen-bond acceptors (Lipinski definition) is 4. The number of benzene rings is 1. The number of aromatic nitrogens is 3. The van der Waals surface area contributed by atoms with Crippen LogP contribution in [0.4, 0.5) is 0 Å². The van der Waals surface area contributed by atoms with Crippen molar-refractivity contribution in [2.75, 3.05) is 7.11 Å². The number of para-hydroxylation sites is 1. The molecule has 1 atom stereocenters. The fraction of sp³-hybridized carbons (Fsp3) is 0.519. The van der Waals surface area contributed by atoms with E-state index in [2.05, 4.69) is 22.8 Å². The average Bonchev–Trinajstić information content (AvgIpc) is 3.15. The lowest BCUT2D eigenvalue weighted by molar-refractivity contribution is -0.140. The minimum absolute atomic E-state index is 0.134. The van der Waals surface area contributed by atoms with Crippen LogP contribution >= 0.6 is 0 Å². The van der Waals surface area contributed by atoms with Crippen LogP contribution in [-0.2, 0) is 9.53 Å². The SMILES string of the molecule is CCCCCC(/C=C/C=C\CCCCCCCC(=O)OC)n1[nH]c(=O)n(-c2ccccc2)c1=O. The van der Waals surface area contributed by atoms with Crippen molar-refractivity contribution in [3.8, 4) is 5.69 Å². The Hall–Kier alpha value is -3.09. The van der Waals surface area contributed by atoms with Crippen LogP contribution in [0.2, 0.25) is 0 Å². The first-order valence-electron chi connectivity index (χ1n) is 12.5. The number of carbonyl (C=O) groups excluding carboxylic acids is 1. The Labute approximate surface area is 202 Å². The van der Waals surface area contributed by atoms with Gasteiger partial charge in [0.05, 0.1) is 18.8 Å². The van der Waals surface area contributed by atoms with E-state index < -0.39 is 5.69 Å². The van der Waals surface area contributed by atoms with E-state index in [4.69, 9.17) is 0 Å². The maximum atomic E-state index is 13.0. The van der Waals surface area contributed by atoms with Crippen molar-refractivity contribution in [2.24, 2.45) is 0 Å². The van der Waals surface area contributed by atoms with Crippen molar-refractivity contribution in [2.45, 2.75) is 83.6 Å². The molecular formula is C27H39N3O4. The lowest BCUT2D eigenvalue weighted by Gasteiger charge is -2.12. The summed E-state index contributed by atoms with van der Waals surface area (Å²) in [6, 6.07) is 8.79. The zero-order chi connectivity index (χ0) is 24.6. The molecule has 0 spiro atoms. The highest BCUT2D eigenvalue weighted by Crippen LogP contribution is 2.15. The first kappa shape index (κ1) is 27.2. The highest BCUT2D eigenvalue weighted by atomic mass is 16.5. The predicted octanol–water partition coefficient (Wildman–Crippen LogP) is 5.46. The van der Waals surface area contributed by atoms with Crippen LogP contribution in [0.15, 0.2) is 64.2 Å². The number of unbranched alkanes of at least 4 members (excludes halogenated alkanes) is 7. The zero-order valence-electron chi connectivity index (χ0n) is 20.6. The van der Waals surface area contributed by atoms with Gasteiger partial charge in [-0.15, -0.1) is 0 Å². The number of H-pyrrole nitrogens is 1. The maximum absolute atomic E-state index is 13.0. The number of nitrogens with one attached hydrogen (secondary N) is 1. The van der Waals surface area contributed by atoms with Crippen molar-refractivity contribution < 1.29 is 9.53 Å². The van der Waals surface area contributed by atoms with Gasteiger partial charge in [0.25, 0.3) is 0 Å². The van der Waals surface area contributed by atoms with Crippen molar-refractivity contribution in [1.29, 1.82) is 0 Å². The summed E-state index contributed by atoms with van der Waals surface area (Å²) in [5.41, 5.74) is -0.209. The molecule has 2 aromatic rings. The number of carbonyl (C=O) groups is 1. The molecule has 0 fully saturated rings. The predicted molar refractivity (Wildman–Crippen MR) is 136 cm³/mol. The van der Waals surface area contributed by atoms with E-state index in [9.17, 15) is 14.4 Å². The van der Waals surface area contributed by atoms with Gasteiger partial charge in [0, 0.05) is 6.42 Å². The Bertz CT molecular complexity index is 1010. The lowest BCUT2D eigenvalue weighted by atomic mass is 10.1. The molecule has 0 bridgehead atoms. The molecule has 7 nitrogen and oxygen atoms in total. The van der Waals surface area contributed by atoms with Gasteiger partial charge in [-0.3, -0.25) is 4.79 Å². The smallest absolute Gasteiger partial charge is 0.352 e. The molecule has 1 aromatic heterocycles. The normalized spacial score (nSPS) is 12.5. The van der Waals surface area contributed by atoms with E-state index in [1.165, 1.54) is 16.4 Å². The van der Waals surface area contributed by atoms with E-state index in [-0.39, 0.29) is 17.7 Å². The fourth-order valence-electron chi connectivity index (χ4n) is 3.87. The Morgan fingerprint density at radius 1 is 1.00 bits per heavy atom. The molecule has 0 aliphatic heterocycles. The van der Waals surface area contributed by atoms with Gasteiger partial charge in [0.15, 0.2) is 0 Å². The van der Waals surface area contributed by atoms with Crippen LogP contribution in [0.1, 0.15) is 83.6 Å². The number of rotatable bonds is 16. The standard InChI is InChI=1S/C27H39N3O4/c1-3-4-13-20-24(21-14-10-8-6-5-7-9-11-17-22-25(31)34-2)30-27(33)29(26(32)28-30)23-18-15-12-16-19-23/h8,10,12,14-16,18-19,21,24H,3-7,9,11,13,17,20,22H2,1-2H3,(H,28,32)/b10-8-,21-14+. The number of ether oxygens (including phenoxy) is 1. The number of esters is 1. The van der Waals surface area contributed by atoms with Crippen LogP contribution < -0.4 is 11.4 Å². The van der Waals surface area contributed by atoms with Crippen LogP contribution in [0, 0.1) is 0 Å². The number of methoxy groups -OCH3 is 1.